The molecule has 0 amide bonds. The fraction of sp³-hybridized carbons (Fsp3) is 0.250. The Morgan fingerprint density at radius 2 is 2.00 bits per heavy atom. The third-order valence-electron chi connectivity index (χ3n) is 2.52. The van der Waals surface area contributed by atoms with Crippen LogP contribution in [-0.4, -0.2) is 4.98 Å². The molecule has 2 aromatic rings. The first-order valence-electron chi connectivity index (χ1n) is 4.99. The zero-order valence-corrected chi connectivity index (χ0v) is 9.30. The number of benzene rings is 1. The van der Waals surface area contributed by atoms with Gasteiger partial charge in [0.2, 0.25) is 0 Å². The van der Waals surface area contributed by atoms with Crippen LogP contribution in [0.1, 0.15) is 19.0 Å². The molecule has 0 unspecified atom stereocenters. The van der Waals surface area contributed by atoms with Gasteiger partial charge in [-0.1, -0.05) is 25.5 Å². The second-order valence-corrected chi connectivity index (χ2v) is 3.59. The van der Waals surface area contributed by atoms with Crippen LogP contribution in [0.5, 0.6) is 11.5 Å². The number of para-hydroxylation sites is 1. The minimum Gasteiger partial charge on any atom is -0.447 e. The van der Waals surface area contributed by atoms with Gasteiger partial charge >= 0.3 is 0 Å². The third-order valence-corrected chi connectivity index (χ3v) is 2.52. The summed E-state index contributed by atoms with van der Waals surface area (Å²) >= 11 is 0. The van der Waals surface area contributed by atoms with Crippen LogP contribution in [0, 0.1) is 0 Å². The molecule has 0 spiro atoms. The molecule has 0 saturated heterocycles. The fourth-order valence-corrected chi connectivity index (χ4v) is 1.81. The number of halogens is 1. The van der Waals surface area contributed by atoms with Gasteiger partial charge in [-0.3, -0.25) is 0 Å². The van der Waals surface area contributed by atoms with Gasteiger partial charge in [-0.05, 0) is 18.6 Å². The normalized spacial score (nSPS) is 11.5. The summed E-state index contributed by atoms with van der Waals surface area (Å²) in [6.07, 6.45) is 2.12. The monoisotopic (exact) mass is 221 g/mol. The van der Waals surface area contributed by atoms with E-state index in [0.29, 0.717) is 0 Å². The van der Waals surface area contributed by atoms with E-state index >= 15 is 0 Å². The van der Waals surface area contributed by atoms with E-state index in [-0.39, 0.29) is 12.4 Å². The lowest BCUT2D eigenvalue weighted by Gasteiger charge is -1.95. The SMILES string of the molecule is CCCc1nc2ccccc2c2c1O2.Cl. The van der Waals surface area contributed by atoms with Gasteiger partial charge in [0.05, 0.1) is 11.2 Å². The number of nitrogens with zero attached hydrogens (tertiary/aromatic N) is 1. The van der Waals surface area contributed by atoms with E-state index in [1.54, 1.807) is 0 Å². The Morgan fingerprint density at radius 3 is 2.80 bits per heavy atom. The molecule has 2 nitrogen and oxygen atoms in total. The van der Waals surface area contributed by atoms with Crippen molar-refractivity contribution in [2.75, 3.05) is 0 Å². The number of ether oxygens (including phenoxy) is 1. The first-order chi connectivity index (χ1) is 6.90. The van der Waals surface area contributed by atoms with Gasteiger partial charge < -0.3 is 4.74 Å². The zero-order chi connectivity index (χ0) is 9.54. The first kappa shape index (κ1) is 10.2. The van der Waals surface area contributed by atoms with Crippen LogP contribution in [-0.2, 0) is 6.42 Å². The van der Waals surface area contributed by atoms with E-state index < -0.39 is 0 Å². The highest BCUT2D eigenvalue weighted by Crippen LogP contribution is 2.52. The summed E-state index contributed by atoms with van der Waals surface area (Å²) in [5.74, 6) is 2.06. The highest BCUT2D eigenvalue weighted by Gasteiger charge is 2.28. The smallest absolute Gasteiger partial charge is 0.192 e. The van der Waals surface area contributed by atoms with Crippen LogP contribution >= 0.6 is 12.4 Å². The number of aryl methyl sites for hydroxylation is 1. The van der Waals surface area contributed by atoms with Crippen molar-refractivity contribution in [1.82, 2.24) is 4.98 Å². The molecule has 0 saturated carbocycles. The molecule has 0 N–H and O–H groups in total. The van der Waals surface area contributed by atoms with Gasteiger partial charge in [0, 0.05) is 5.39 Å². The number of fused-ring (bicyclic) bond motifs is 3. The molecular weight excluding hydrogens is 210 g/mol. The molecule has 0 fully saturated rings. The molecule has 1 aromatic heterocycles. The molecule has 0 aliphatic carbocycles. The Morgan fingerprint density at radius 1 is 1.20 bits per heavy atom. The predicted molar refractivity (Wildman–Crippen MR) is 63.1 cm³/mol. The standard InChI is InChI=1S/C12H11NO.ClH/c1-2-5-10-12-11(14-12)8-6-3-4-7-9(8)13-10;/h3-4,6-7H,2,5H2,1H3;1H. The summed E-state index contributed by atoms with van der Waals surface area (Å²) in [6, 6.07) is 8.13. The van der Waals surface area contributed by atoms with Crippen LogP contribution in [0.4, 0.5) is 0 Å². The molecular formula is C12H12ClNO. The van der Waals surface area contributed by atoms with Crippen molar-refractivity contribution < 1.29 is 4.74 Å². The van der Waals surface area contributed by atoms with Crippen molar-refractivity contribution in [1.29, 1.82) is 0 Å². The number of pyridine rings is 1. The molecule has 1 aliphatic heterocycles. The Labute approximate surface area is 94.7 Å². The van der Waals surface area contributed by atoms with Crippen LogP contribution in [0.3, 0.4) is 0 Å². The maximum atomic E-state index is 5.47. The summed E-state index contributed by atoms with van der Waals surface area (Å²) < 4.78 is 5.47. The van der Waals surface area contributed by atoms with Crippen molar-refractivity contribution in [3.05, 3.63) is 30.0 Å². The quantitative estimate of drug-likeness (QED) is 0.617. The Balaban J connectivity index is 0.000000853. The first-order valence-corrected chi connectivity index (χ1v) is 4.99. The molecule has 1 aromatic carbocycles. The highest BCUT2D eigenvalue weighted by molar-refractivity contribution is 5.92. The zero-order valence-electron chi connectivity index (χ0n) is 8.49. The molecule has 0 bridgehead atoms. The average molecular weight is 222 g/mol. The number of hydrogen-bond donors (Lipinski definition) is 0. The average Bonchev–Trinajstić information content (AvgIpc) is 2.98. The molecule has 0 atom stereocenters. The second kappa shape index (κ2) is 3.70. The lowest BCUT2D eigenvalue weighted by atomic mass is 10.1. The fourth-order valence-electron chi connectivity index (χ4n) is 1.81. The molecule has 1 aliphatic rings. The topological polar surface area (TPSA) is 25.4 Å². The summed E-state index contributed by atoms with van der Waals surface area (Å²) in [5.41, 5.74) is 2.16. The number of hydrogen-bond acceptors (Lipinski definition) is 2. The van der Waals surface area contributed by atoms with E-state index in [9.17, 15) is 0 Å². The minimum atomic E-state index is 0. The van der Waals surface area contributed by atoms with Crippen LogP contribution < -0.4 is 4.74 Å². The highest BCUT2D eigenvalue weighted by atomic mass is 35.5. The van der Waals surface area contributed by atoms with E-state index in [4.69, 9.17) is 4.74 Å². The largest absolute Gasteiger partial charge is 0.447 e. The lowest BCUT2D eigenvalue weighted by molar-refractivity contribution is 0.642. The lowest BCUT2D eigenvalue weighted by Crippen LogP contribution is -1.85. The Bertz CT molecular complexity index is 510. The van der Waals surface area contributed by atoms with Crippen molar-refractivity contribution in [2.24, 2.45) is 0 Å². The van der Waals surface area contributed by atoms with Crippen LogP contribution in [0.15, 0.2) is 24.3 Å². The van der Waals surface area contributed by atoms with Crippen LogP contribution in [0.2, 0.25) is 0 Å². The Kier molecular flexibility index (Phi) is 2.53. The maximum absolute atomic E-state index is 5.47. The maximum Gasteiger partial charge on any atom is 0.192 e. The van der Waals surface area contributed by atoms with Gasteiger partial charge in [-0.15, -0.1) is 12.4 Å². The minimum absolute atomic E-state index is 0. The molecule has 2 heterocycles. The number of rotatable bonds is 2. The third kappa shape index (κ3) is 1.55. The van der Waals surface area contributed by atoms with Crippen molar-refractivity contribution in [2.45, 2.75) is 19.8 Å². The summed E-state index contributed by atoms with van der Waals surface area (Å²) in [4.78, 5) is 4.59. The van der Waals surface area contributed by atoms with Gasteiger partial charge in [0.15, 0.2) is 11.5 Å². The second-order valence-electron chi connectivity index (χ2n) is 3.59. The van der Waals surface area contributed by atoms with Crippen molar-refractivity contribution in [3.63, 3.8) is 0 Å². The van der Waals surface area contributed by atoms with Gasteiger partial charge in [-0.25, -0.2) is 4.98 Å². The molecule has 15 heavy (non-hydrogen) atoms. The molecule has 3 rings (SSSR count). The van der Waals surface area contributed by atoms with Gasteiger partial charge in [-0.2, -0.15) is 0 Å². The van der Waals surface area contributed by atoms with Crippen molar-refractivity contribution in [3.8, 4) is 11.5 Å². The van der Waals surface area contributed by atoms with Gasteiger partial charge in [0.1, 0.15) is 0 Å². The van der Waals surface area contributed by atoms with E-state index in [1.807, 2.05) is 18.2 Å². The number of aromatic nitrogens is 1. The predicted octanol–water partition coefficient (Wildman–Crippen LogP) is 3.71. The van der Waals surface area contributed by atoms with Crippen molar-refractivity contribution >= 4 is 23.3 Å². The molecule has 78 valence electrons. The van der Waals surface area contributed by atoms with E-state index in [0.717, 1.165) is 40.9 Å². The summed E-state index contributed by atoms with van der Waals surface area (Å²) in [5, 5.41) is 1.14. The molecule has 3 heteroatoms. The van der Waals surface area contributed by atoms with Crippen LogP contribution in [0.25, 0.3) is 10.9 Å². The van der Waals surface area contributed by atoms with Gasteiger partial charge in [0.25, 0.3) is 0 Å². The van der Waals surface area contributed by atoms with E-state index in [2.05, 4.69) is 18.0 Å². The Hall–Kier alpha value is -1.28. The van der Waals surface area contributed by atoms with E-state index in [1.165, 1.54) is 0 Å². The summed E-state index contributed by atoms with van der Waals surface area (Å²) in [6.45, 7) is 2.16. The summed E-state index contributed by atoms with van der Waals surface area (Å²) in [7, 11) is 0. The molecule has 0 radical (unpaired) electrons.